The number of pyridine rings is 1. The summed E-state index contributed by atoms with van der Waals surface area (Å²) >= 11 is 1.71. The topological polar surface area (TPSA) is 65.4 Å². The molecule has 2 aromatic rings. The summed E-state index contributed by atoms with van der Waals surface area (Å²) in [5.74, 6) is 2.72. The molecule has 7 heteroatoms. The average molecular weight is 387 g/mol. The smallest absolute Gasteiger partial charge is 0.191 e. The van der Waals surface area contributed by atoms with E-state index in [1.54, 1.807) is 11.3 Å². The van der Waals surface area contributed by atoms with Crippen molar-refractivity contribution in [2.75, 3.05) is 24.5 Å². The van der Waals surface area contributed by atoms with Gasteiger partial charge in [0, 0.05) is 36.9 Å². The fraction of sp³-hybridized carbons (Fsp3) is 0.550. The van der Waals surface area contributed by atoms with Crippen molar-refractivity contribution in [3.8, 4) is 0 Å². The predicted molar refractivity (Wildman–Crippen MR) is 113 cm³/mol. The molecule has 0 amide bonds. The normalized spacial score (nSPS) is 15.8. The number of aryl methyl sites for hydroxylation is 1. The Morgan fingerprint density at radius 3 is 2.67 bits per heavy atom. The zero-order valence-corrected chi connectivity index (χ0v) is 17.4. The van der Waals surface area contributed by atoms with Gasteiger partial charge in [-0.3, -0.25) is 0 Å². The lowest BCUT2D eigenvalue weighted by Crippen LogP contribution is -2.36. The first kappa shape index (κ1) is 19.6. The van der Waals surface area contributed by atoms with Gasteiger partial charge in [-0.15, -0.1) is 11.3 Å². The Morgan fingerprint density at radius 1 is 1.22 bits per heavy atom. The maximum atomic E-state index is 4.68. The van der Waals surface area contributed by atoms with Gasteiger partial charge in [-0.25, -0.2) is 15.0 Å². The molecule has 146 valence electrons. The number of hydrogen-bond donors (Lipinski definition) is 2. The minimum atomic E-state index is 0.608. The van der Waals surface area contributed by atoms with Crippen LogP contribution < -0.4 is 15.5 Å². The Labute approximate surface area is 166 Å². The molecule has 0 aromatic carbocycles. The van der Waals surface area contributed by atoms with Crippen molar-refractivity contribution >= 4 is 23.1 Å². The number of nitrogens with one attached hydrogen (secondary N) is 2. The van der Waals surface area contributed by atoms with Crippen LogP contribution in [0.2, 0.25) is 0 Å². The van der Waals surface area contributed by atoms with E-state index < -0.39 is 0 Å². The maximum Gasteiger partial charge on any atom is 0.191 e. The van der Waals surface area contributed by atoms with E-state index in [0.29, 0.717) is 13.1 Å². The third kappa shape index (κ3) is 5.92. The molecule has 2 aromatic heterocycles. The second-order valence-corrected chi connectivity index (χ2v) is 8.43. The molecule has 1 aliphatic heterocycles. The largest absolute Gasteiger partial charge is 0.357 e. The summed E-state index contributed by atoms with van der Waals surface area (Å²) in [7, 11) is 0. The summed E-state index contributed by atoms with van der Waals surface area (Å²) in [4.78, 5) is 17.3. The molecule has 0 radical (unpaired) electrons. The van der Waals surface area contributed by atoms with Crippen LogP contribution in [0.1, 0.15) is 42.1 Å². The van der Waals surface area contributed by atoms with Crippen molar-refractivity contribution < 1.29 is 0 Å². The van der Waals surface area contributed by atoms with Crippen molar-refractivity contribution in [2.24, 2.45) is 10.9 Å². The minimum absolute atomic E-state index is 0.608. The Balaban J connectivity index is 1.55. The number of aliphatic imine (C=N–C) groups is 1. The molecule has 2 N–H and O–H groups in total. The lowest BCUT2D eigenvalue weighted by atomic mass is 9.99. The lowest BCUT2D eigenvalue weighted by molar-refractivity contribution is 0.436. The molecule has 1 fully saturated rings. The summed E-state index contributed by atoms with van der Waals surface area (Å²) in [6.45, 7) is 10.8. The van der Waals surface area contributed by atoms with Crippen molar-refractivity contribution in [3.63, 3.8) is 0 Å². The standard InChI is InChI=1S/C20H30N6S/c1-4-21-20(25-14-19-23-11-16(3)27-19)24-13-17-5-6-18(22-12-17)26-9-7-15(2)8-10-26/h5-6,11-12,15H,4,7-10,13-14H2,1-3H3,(H2,21,24,25). The van der Waals surface area contributed by atoms with Crippen LogP contribution in [0.25, 0.3) is 0 Å². The van der Waals surface area contributed by atoms with Crippen molar-refractivity contribution in [1.82, 2.24) is 20.6 Å². The number of guanidine groups is 1. The maximum absolute atomic E-state index is 4.68. The van der Waals surface area contributed by atoms with Gasteiger partial charge in [0.15, 0.2) is 5.96 Å². The number of piperidine rings is 1. The average Bonchev–Trinajstić information content (AvgIpc) is 3.10. The molecule has 0 unspecified atom stereocenters. The molecule has 1 aliphatic rings. The highest BCUT2D eigenvalue weighted by atomic mass is 32.1. The Kier molecular flexibility index (Phi) is 7.04. The van der Waals surface area contributed by atoms with E-state index in [0.717, 1.165) is 47.9 Å². The molecular formula is C20H30N6S. The zero-order chi connectivity index (χ0) is 19.1. The SMILES string of the molecule is CCNC(=NCc1ccc(N2CCC(C)CC2)nc1)NCc1ncc(C)s1. The van der Waals surface area contributed by atoms with E-state index in [1.807, 2.05) is 12.4 Å². The molecular weight excluding hydrogens is 356 g/mol. The van der Waals surface area contributed by atoms with Gasteiger partial charge >= 0.3 is 0 Å². The number of thiazole rings is 1. The Hall–Kier alpha value is -2.15. The van der Waals surface area contributed by atoms with Crippen LogP contribution in [0.4, 0.5) is 5.82 Å². The summed E-state index contributed by atoms with van der Waals surface area (Å²) in [5, 5.41) is 7.70. The van der Waals surface area contributed by atoms with E-state index in [-0.39, 0.29) is 0 Å². The van der Waals surface area contributed by atoms with Crippen molar-refractivity contribution in [1.29, 1.82) is 0 Å². The first-order chi connectivity index (χ1) is 13.1. The summed E-state index contributed by atoms with van der Waals surface area (Å²) in [6.07, 6.45) is 6.36. The van der Waals surface area contributed by atoms with Crippen LogP contribution in [0.5, 0.6) is 0 Å². The minimum Gasteiger partial charge on any atom is -0.357 e. The van der Waals surface area contributed by atoms with Crippen LogP contribution in [0, 0.1) is 12.8 Å². The number of rotatable bonds is 6. The van der Waals surface area contributed by atoms with Gasteiger partial charge in [0.25, 0.3) is 0 Å². The van der Waals surface area contributed by atoms with Crippen LogP contribution in [0.15, 0.2) is 29.5 Å². The van der Waals surface area contributed by atoms with Crippen LogP contribution >= 0.6 is 11.3 Å². The van der Waals surface area contributed by atoms with Gasteiger partial charge in [0.2, 0.25) is 0 Å². The molecule has 0 bridgehead atoms. The van der Waals surface area contributed by atoms with E-state index >= 15 is 0 Å². The fourth-order valence-corrected chi connectivity index (χ4v) is 3.82. The molecule has 6 nitrogen and oxygen atoms in total. The number of aromatic nitrogens is 2. The number of nitrogens with zero attached hydrogens (tertiary/aromatic N) is 4. The van der Waals surface area contributed by atoms with Gasteiger partial charge in [-0.1, -0.05) is 13.0 Å². The quantitative estimate of drug-likeness (QED) is 0.589. The first-order valence-electron chi connectivity index (χ1n) is 9.77. The monoisotopic (exact) mass is 386 g/mol. The molecule has 1 saturated heterocycles. The highest BCUT2D eigenvalue weighted by Gasteiger charge is 2.16. The van der Waals surface area contributed by atoms with E-state index in [9.17, 15) is 0 Å². The van der Waals surface area contributed by atoms with Gasteiger partial charge in [0.1, 0.15) is 10.8 Å². The lowest BCUT2D eigenvalue weighted by Gasteiger charge is -2.31. The van der Waals surface area contributed by atoms with Gasteiger partial charge in [-0.05, 0) is 44.2 Å². The molecule has 27 heavy (non-hydrogen) atoms. The number of hydrogen-bond acceptors (Lipinski definition) is 5. The molecule has 3 rings (SSSR count). The third-order valence-corrected chi connectivity index (χ3v) is 5.67. The third-order valence-electron chi connectivity index (χ3n) is 4.76. The van der Waals surface area contributed by atoms with E-state index in [2.05, 4.69) is 63.4 Å². The van der Waals surface area contributed by atoms with Crippen molar-refractivity contribution in [3.05, 3.63) is 40.0 Å². The summed E-state index contributed by atoms with van der Waals surface area (Å²) < 4.78 is 0. The molecule has 0 aliphatic carbocycles. The fourth-order valence-electron chi connectivity index (χ4n) is 3.09. The molecule has 0 atom stereocenters. The number of anilines is 1. The second kappa shape index (κ2) is 9.69. The zero-order valence-electron chi connectivity index (χ0n) is 16.5. The van der Waals surface area contributed by atoms with Crippen LogP contribution in [-0.2, 0) is 13.1 Å². The van der Waals surface area contributed by atoms with Gasteiger partial charge in [0.05, 0.1) is 13.1 Å². The second-order valence-electron chi connectivity index (χ2n) is 7.11. The van der Waals surface area contributed by atoms with Crippen molar-refractivity contribution in [2.45, 2.75) is 46.7 Å². The van der Waals surface area contributed by atoms with Gasteiger partial charge < -0.3 is 15.5 Å². The van der Waals surface area contributed by atoms with Crippen LogP contribution in [0.3, 0.4) is 0 Å². The highest BCUT2D eigenvalue weighted by molar-refractivity contribution is 7.11. The summed E-state index contributed by atoms with van der Waals surface area (Å²) in [6, 6.07) is 4.26. The van der Waals surface area contributed by atoms with E-state index in [4.69, 9.17) is 0 Å². The summed E-state index contributed by atoms with van der Waals surface area (Å²) in [5.41, 5.74) is 1.12. The van der Waals surface area contributed by atoms with Gasteiger partial charge in [-0.2, -0.15) is 0 Å². The van der Waals surface area contributed by atoms with Crippen LogP contribution in [-0.4, -0.2) is 35.6 Å². The first-order valence-corrected chi connectivity index (χ1v) is 10.6. The molecule has 0 spiro atoms. The molecule has 0 saturated carbocycles. The Bertz CT molecular complexity index is 731. The molecule has 3 heterocycles. The van der Waals surface area contributed by atoms with E-state index in [1.165, 1.54) is 17.7 Å². The highest BCUT2D eigenvalue weighted by Crippen LogP contribution is 2.21. The Morgan fingerprint density at radius 2 is 2.04 bits per heavy atom. The predicted octanol–water partition coefficient (Wildman–Crippen LogP) is 3.34.